The fourth-order valence-corrected chi connectivity index (χ4v) is 3.90. The third-order valence-corrected chi connectivity index (χ3v) is 5.53. The van der Waals surface area contributed by atoms with Crippen LogP contribution in [0.2, 0.25) is 0 Å². The quantitative estimate of drug-likeness (QED) is 0.377. The van der Waals surface area contributed by atoms with Crippen molar-refractivity contribution < 1.29 is 17.4 Å². The molecular weight excluding hydrogens is 376 g/mol. The summed E-state index contributed by atoms with van der Waals surface area (Å²) in [5, 5.41) is 9.13. The van der Waals surface area contributed by atoms with Crippen LogP contribution < -0.4 is 5.73 Å². The summed E-state index contributed by atoms with van der Waals surface area (Å²) in [6, 6.07) is 19.2. The van der Waals surface area contributed by atoms with E-state index in [0.717, 1.165) is 10.8 Å². The molecule has 1 atom stereocenters. The van der Waals surface area contributed by atoms with E-state index in [1.807, 2.05) is 6.07 Å². The molecule has 0 fully saturated rings. The second kappa shape index (κ2) is 7.82. The van der Waals surface area contributed by atoms with Gasteiger partial charge in [-0.25, -0.2) is 0 Å². The first-order valence-electron chi connectivity index (χ1n) is 8.63. The first-order chi connectivity index (χ1) is 13.2. The molecule has 3 aromatic carbocycles. The van der Waals surface area contributed by atoms with E-state index in [0.29, 0.717) is 16.7 Å². The van der Waals surface area contributed by atoms with Gasteiger partial charge in [-0.15, -0.1) is 0 Å². The van der Waals surface area contributed by atoms with Crippen LogP contribution in [0.1, 0.15) is 29.5 Å². The van der Waals surface area contributed by atoms with E-state index < -0.39 is 27.8 Å². The Kier molecular flexibility index (Phi) is 5.46. The van der Waals surface area contributed by atoms with Crippen molar-refractivity contribution in [3.8, 4) is 0 Å². The van der Waals surface area contributed by atoms with Crippen molar-refractivity contribution in [2.45, 2.75) is 18.6 Å². The number of fused-ring (bicyclic) bond motifs is 1. The second-order valence-electron chi connectivity index (χ2n) is 6.55. The van der Waals surface area contributed by atoms with Gasteiger partial charge in [0.1, 0.15) is 11.6 Å². The summed E-state index contributed by atoms with van der Waals surface area (Å²) in [6.07, 6.45) is 0. The van der Waals surface area contributed by atoms with Crippen LogP contribution in [0.3, 0.4) is 0 Å². The van der Waals surface area contributed by atoms with Crippen molar-refractivity contribution in [2.75, 3.05) is 0 Å². The van der Waals surface area contributed by atoms with E-state index in [-0.39, 0.29) is 5.84 Å². The van der Waals surface area contributed by atoms with Crippen molar-refractivity contribution in [3.63, 3.8) is 0 Å². The number of rotatable bonds is 6. The Labute approximate surface area is 163 Å². The molecular formula is C21H20N2O4S. The largest absolute Gasteiger partial charge is 0.384 e. The summed E-state index contributed by atoms with van der Waals surface area (Å²) < 4.78 is 29.5. The van der Waals surface area contributed by atoms with Crippen LogP contribution in [-0.2, 0) is 24.8 Å². The van der Waals surface area contributed by atoms with E-state index in [4.69, 9.17) is 15.3 Å². The van der Waals surface area contributed by atoms with Crippen LogP contribution in [0.4, 0.5) is 0 Å². The number of amidine groups is 1. The highest BCUT2D eigenvalue weighted by Crippen LogP contribution is 2.21. The maximum absolute atomic E-state index is 12.3. The molecule has 7 heteroatoms. The molecule has 144 valence electrons. The average molecular weight is 396 g/mol. The van der Waals surface area contributed by atoms with Crippen LogP contribution >= 0.6 is 0 Å². The number of hydrogen-bond donors (Lipinski definition) is 2. The van der Waals surface area contributed by atoms with Gasteiger partial charge in [-0.05, 0) is 34.9 Å². The van der Waals surface area contributed by atoms with Crippen LogP contribution in [0.15, 0.2) is 66.7 Å². The third-order valence-electron chi connectivity index (χ3n) is 4.42. The Morgan fingerprint density at radius 2 is 1.68 bits per heavy atom. The zero-order valence-corrected chi connectivity index (χ0v) is 16.1. The summed E-state index contributed by atoms with van der Waals surface area (Å²) in [5.41, 5.74) is 7.27. The molecule has 0 heterocycles. The zero-order valence-electron chi connectivity index (χ0n) is 15.3. The molecule has 0 aliphatic carbocycles. The molecule has 0 saturated carbocycles. The van der Waals surface area contributed by atoms with Crippen molar-refractivity contribution in [1.82, 2.24) is 0 Å². The Hall–Kier alpha value is -3.19. The Balaban J connectivity index is 1.75. The highest BCUT2D eigenvalue weighted by Gasteiger charge is 2.24. The maximum atomic E-state index is 12.3. The zero-order chi connectivity index (χ0) is 20.3. The molecule has 0 aromatic heterocycles. The van der Waals surface area contributed by atoms with Crippen LogP contribution in [0.5, 0.6) is 0 Å². The van der Waals surface area contributed by atoms with Crippen LogP contribution in [0.25, 0.3) is 10.8 Å². The molecule has 0 saturated heterocycles. The minimum atomic E-state index is -4.08. The molecule has 3 aromatic rings. The number of nitrogens with one attached hydrogen (secondary N) is 1. The second-order valence-corrected chi connectivity index (χ2v) is 8.12. The van der Waals surface area contributed by atoms with Gasteiger partial charge >= 0.3 is 16.1 Å². The van der Waals surface area contributed by atoms with Gasteiger partial charge < -0.3 is 9.92 Å². The molecule has 28 heavy (non-hydrogen) atoms. The molecule has 0 aliphatic heterocycles. The van der Waals surface area contributed by atoms with Crippen molar-refractivity contribution in [3.05, 3.63) is 83.4 Å². The smallest absolute Gasteiger partial charge is 0.329 e. The molecule has 0 bridgehead atoms. The highest BCUT2D eigenvalue weighted by molar-refractivity contribution is 7.86. The number of hydrogen-bond acceptors (Lipinski definition) is 5. The van der Waals surface area contributed by atoms with Crippen molar-refractivity contribution >= 4 is 32.7 Å². The van der Waals surface area contributed by atoms with Gasteiger partial charge in [0.15, 0.2) is 0 Å². The third kappa shape index (κ3) is 4.55. The summed E-state index contributed by atoms with van der Waals surface area (Å²) in [6.45, 7) is 1.61. The van der Waals surface area contributed by atoms with E-state index in [1.54, 1.807) is 67.6 Å². The van der Waals surface area contributed by atoms with E-state index in [9.17, 15) is 13.2 Å². The fourth-order valence-electron chi connectivity index (χ4n) is 2.86. The molecule has 1 unspecified atom stereocenters. The maximum Gasteiger partial charge on any atom is 0.329 e. The number of benzene rings is 3. The molecule has 0 amide bonds. The first-order valence-corrected chi connectivity index (χ1v) is 10.2. The van der Waals surface area contributed by atoms with Gasteiger partial charge in [0, 0.05) is 5.56 Å². The van der Waals surface area contributed by atoms with Crippen molar-refractivity contribution in [2.24, 2.45) is 5.73 Å². The van der Waals surface area contributed by atoms with Gasteiger partial charge in [0.25, 0.3) is 0 Å². The van der Waals surface area contributed by atoms with Gasteiger partial charge in [0.05, 0.1) is 5.92 Å². The Morgan fingerprint density at radius 3 is 2.36 bits per heavy atom. The lowest BCUT2D eigenvalue weighted by atomic mass is 10.0. The predicted octanol–water partition coefficient (Wildman–Crippen LogP) is 3.30. The minimum Gasteiger partial charge on any atom is -0.384 e. The number of carbonyl (C=O) groups excluding carboxylic acids is 1. The molecule has 0 spiro atoms. The Morgan fingerprint density at radius 1 is 1.04 bits per heavy atom. The van der Waals surface area contributed by atoms with Crippen LogP contribution in [-0.4, -0.2) is 20.2 Å². The number of nitrogens with two attached hydrogens (primary N) is 1. The summed E-state index contributed by atoms with van der Waals surface area (Å²) in [5.74, 6) is -1.94. The summed E-state index contributed by atoms with van der Waals surface area (Å²) >= 11 is 0. The van der Waals surface area contributed by atoms with Gasteiger partial charge in [0.2, 0.25) is 0 Å². The lowest BCUT2D eigenvalue weighted by Gasteiger charge is -2.12. The lowest BCUT2D eigenvalue weighted by molar-refractivity contribution is -0.135. The van der Waals surface area contributed by atoms with Gasteiger partial charge in [-0.1, -0.05) is 60.7 Å². The molecule has 6 nitrogen and oxygen atoms in total. The Bertz CT molecular complexity index is 1140. The summed E-state index contributed by atoms with van der Waals surface area (Å²) in [4.78, 5) is 12.2. The standard InChI is InChI=1S/C21H20N2O4S/c1-14(16-5-3-2-4-6-16)21(24)27-28(25,26)13-15-7-8-18-12-19(20(22)23)10-9-17(18)11-15/h2-12,14H,13H2,1H3,(H3,22,23). The number of nitrogen functional groups attached to an aromatic ring is 1. The highest BCUT2D eigenvalue weighted by atomic mass is 32.2. The normalized spacial score (nSPS) is 12.5. The minimum absolute atomic E-state index is 0.0343. The van der Waals surface area contributed by atoms with E-state index in [1.165, 1.54) is 0 Å². The van der Waals surface area contributed by atoms with Crippen LogP contribution in [0, 0.1) is 5.41 Å². The van der Waals surface area contributed by atoms with E-state index >= 15 is 0 Å². The fraction of sp³-hybridized carbons (Fsp3) is 0.143. The van der Waals surface area contributed by atoms with E-state index in [2.05, 4.69) is 0 Å². The molecule has 0 aliphatic rings. The first kappa shape index (κ1) is 19.6. The monoisotopic (exact) mass is 396 g/mol. The molecule has 3 rings (SSSR count). The van der Waals surface area contributed by atoms with Gasteiger partial charge in [-0.3, -0.25) is 10.2 Å². The van der Waals surface area contributed by atoms with Gasteiger partial charge in [-0.2, -0.15) is 8.42 Å². The number of carbonyl (C=O) groups is 1. The van der Waals surface area contributed by atoms with Crippen molar-refractivity contribution in [1.29, 1.82) is 5.41 Å². The summed E-state index contributed by atoms with van der Waals surface area (Å²) in [7, 11) is -4.08. The SMILES string of the molecule is CC(C(=O)OS(=O)(=O)Cc1ccc2cc(C(=N)N)ccc2c1)c1ccccc1. The molecule has 0 radical (unpaired) electrons. The average Bonchev–Trinajstić information content (AvgIpc) is 2.66. The predicted molar refractivity (Wildman–Crippen MR) is 109 cm³/mol. The topological polar surface area (TPSA) is 110 Å². The molecule has 3 N–H and O–H groups in total. The lowest BCUT2D eigenvalue weighted by Crippen LogP contribution is -2.19.